The Balaban J connectivity index is 2.33. The van der Waals surface area contributed by atoms with Crippen LogP contribution in [0.5, 0.6) is 0 Å². The Morgan fingerprint density at radius 1 is 1.52 bits per heavy atom. The van der Waals surface area contributed by atoms with Gasteiger partial charge < -0.3 is 10.1 Å². The first kappa shape index (κ1) is 16.0. The van der Waals surface area contributed by atoms with E-state index in [1.165, 1.54) is 0 Å². The third-order valence-corrected chi connectivity index (χ3v) is 4.56. The molecular weight excluding hydrogens is 319 g/mol. The van der Waals surface area contributed by atoms with Crippen molar-refractivity contribution >= 4 is 34.8 Å². The van der Waals surface area contributed by atoms with E-state index in [0.29, 0.717) is 13.0 Å². The molecule has 1 heterocycles. The van der Waals surface area contributed by atoms with E-state index in [0.717, 1.165) is 12.1 Å². The molecule has 0 aliphatic carbocycles. The van der Waals surface area contributed by atoms with Gasteiger partial charge >= 0.3 is 0 Å². The van der Waals surface area contributed by atoms with Crippen molar-refractivity contribution in [3.05, 3.63) is 37.9 Å². The largest absolute Gasteiger partial charge is 0.376 e. The summed E-state index contributed by atoms with van der Waals surface area (Å²) in [5.41, 5.74) is -0.844. The number of amides is 1. The van der Waals surface area contributed by atoms with Gasteiger partial charge in [0.25, 0.3) is 11.6 Å². The zero-order valence-electron chi connectivity index (χ0n) is 11.5. The lowest BCUT2D eigenvalue weighted by molar-refractivity contribution is -0.384. The van der Waals surface area contributed by atoms with Crippen LogP contribution in [0.15, 0.2) is 12.1 Å². The van der Waals surface area contributed by atoms with E-state index < -0.39 is 16.4 Å². The lowest BCUT2D eigenvalue weighted by atomic mass is 9.94. The number of hydrogen-bond donors (Lipinski definition) is 1. The molecule has 21 heavy (non-hydrogen) atoms. The van der Waals surface area contributed by atoms with E-state index in [2.05, 4.69) is 5.32 Å². The van der Waals surface area contributed by atoms with Crippen molar-refractivity contribution < 1.29 is 14.5 Å². The summed E-state index contributed by atoms with van der Waals surface area (Å²) >= 11 is 11.8. The minimum absolute atomic E-state index is 0.00469. The van der Waals surface area contributed by atoms with Crippen molar-refractivity contribution in [3.8, 4) is 0 Å². The molecule has 0 aromatic heterocycles. The Morgan fingerprint density at radius 2 is 2.19 bits per heavy atom. The molecule has 1 aliphatic heterocycles. The van der Waals surface area contributed by atoms with Crippen molar-refractivity contribution in [2.24, 2.45) is 0 Å². The molecule has 2 rings (SSSR count). The maximum Gasteiger partial charge on any atom is 0.271 e. The number of nitrogens with zero attached hydrogens (tertiary/aromatic N) is 1. The predicted octanol–water partition coefficient (Wildman–Crippen LogP) is 3.20. The Bertz CT molecular complexity index is 608. The molecule has 1 aromatic carbocycles. The van der Waals surface area contributed by atoms with Gasteiger partial charge in [-0.05, 0) is 20.3 Å². The number of rotatable bonds is 3. The van der Waals surface area contributed by atoms with Gasteiger partial charge in [-0.1, -0.05) is 23.2 Å². The van der Waals surface area contributed by atoms with Crippen molar-refractivity contribution in [1.29, 1.82) is 0 Å². The van der Waals surface area contributed by atoms with Crippen LogP contribution in [-0.4, -0.2) is 29.1 Å². The molecule has 0 spiro atoms. The minimum atomic E-state index is -0.623. The monoisotopic (exact) mass is 332 g/mol. The number of nitro benzene ring substituents is 1. The Hall–Kier alpha value is -1.37. The Morgan fingerprint density at radius 3 is 2.71 bits per heavy atom. The van der Waals surface area contributed by atoms with Crippen molar-refractivity contribution in [1.82, 2.24) is 5.32 Å². The zero-order valence-corrected chi connectivity index (χ0v) is 13.0. The number of non-ortho nitro benzene ring substituents is 1. The summed E-state index contributed by atoms with van der Waals surface area (Å²) in [4.78, 5) is 22.6. The van der Waals surface area contributed by atoms with Crippen LogP contribution < -0.4 is 5.32 Å². The predicted molar refractivity (Wildman–Crippen MR) is 79.0 cm³/mol. The Labute approximate surface area is 131 Å². The highest BCUT2D eigenvalue weighted by Crippen LogP contribution is 2.32. The van der Waals surface area contributed by atoms with Crippen LogP contribution in [0.3, 0.4) is 0 Å². The molecular formula is C13H14Cl2N2O4. The average molecular weight is 333 g/mol. The van der Waals surface area contributed by atoms with Gasteiger partial charge in [0, 0.05) is 18.7 Å². The lowest BCUT2D eigenvalue weighted by Gasteiger charge is -2.29. The molecule has 1 N–H and O–H groups in total. The van der Waals surface area contributed by atoms with Gasteiger partial charge in [0.1, 0.15) is 0 Å². The summed E-state index contributed by atoms with van der Waals surface area (Å²) in [5, 5.41) is 13.6. The van der Waals surface area contributed by atoms with E-state index in [1.807, 2.05) is 13.8 Å². The molecule has 2 atom stereocenters. The van der Waals surface area contributed by atoms with Gasteiger partial charge in [-0.3, -0.25) is 14.9 Å². The molecule has 1 saturated heterocycles. The minimum Gasteiger partial charge on any atom is -0.376 e. The third-order valence-electron chi connectivity index (χ3n) is 3.75. The van der Waals surface area contributed by atoms with E-state index >= 15 is 0 Å². The second-order valence-corrected chi connectivity index (χ2v) is 5.97. The lowest BCUT2D eigenvalue weighted by Crippen LogP contribution is -2.50. The number of hydrogen-bond acceptors (Lipinski definition) is 4. The van der Waals surface area contributed by atoms with Gasteiger partial charge in [0.2, 0.25) is 0 Å². The first-order valence-corrected chi connectivity index (χ1v) is 7.08. The number of nitro groups is 1. The number of nitrogens with one attached hydrogen (secondary N) is 1. The van der Waals surface area contributed by atoms with Crippen LogP contribution in [0.2, 0.25) is 10.0 Å². The summed E-state index contributed by atoms with van der Waals surface area (Å²) in [6, 6.07) is 2.23. The summed E-state index contributed by atoms with van der Waals surface area (Å²) in [6.45, 7) is 4.26. The molecule has 1 amide bonds. The molecule has 0 radical (unpaired) electrons. The van der Waals surface area contributed by atoms with Crippen molar-refractivity contribution in [2.75, 3.05) is 6.61 Å². The second-order valence-electron chi connectivity index (χ2n) is 5.18. The second kappa shape index (κ2) is 5.79. The SMILES string of the molecule is CC1OCCC1(C)NC(=O)c1cc([N+](=O)[O-])cc(Cl)c1Cl. The molecule has 2 unspecified atom stereocenters. The van der Waals surface area contributed by atoms with Crippen molar-refractivity contribution in [2.45, 2.75) is 31.9 Å². The molecule has 6 nitrogen and oxygen atoms in total. The maximum atomic E-state index is 12.4. The van der Waals surface area contributed by atoms with Crippen LogP contribution in [0, 0.1) is 10.1 Å². The number of halogens is 2. The van der Waals surface area contributed by atoms with E-state index in [-0.39, 0.29) is 27.4 Å². The average Bonchev–Trinajstić information content (AvgIpc) is 2.72. The maximum absolute atomic E-state index is 12.4. The van der Waals surface area contributed by atoms with Gasteiger partial charge in [-0.25, -0.2) is 0 Å². The first-order valence-electron chi connectivity index (χ1n) is 6.32. The number of carbonyl (C=O) groups excluding carboxylic acids is 1. The Kier molecular flexibility index (Phi) is 4.41. The van der Waals surface area contributed by atoms with Crippen LogP contribution in [-0.2, 0) is 4.74 Å². The normalized spacial score (nSPS) is 24.9. The number of ether oxygens (including phenoxy) is 1. The molecule has 114 valence electrons. The van der Waals surface area contributed by atoms with E-state index in [4.69, 9.17) is 27.9 Å². The van der Waals surface area contributed by atoms with E-state index in [1.54, 1.807) is 0 Å². The van der Waals surface area contributed by atoms with Crippen molar-refractivity contribution in [3.63, 3.8) is 0 Å². The molecule has 0 saturated carbocycles. The highest BCUT2D eigenvalue weighted by molar-refractivity contribution is 6.44. The van der Waals surface area contributed by atoms with Crippen LogP contribution in [0.25, 0.3) is 0 Å². The fourth-order valence-corrected chi connectivity index (χ4v) is 2.58. The topological polar surface area (TPSA) is 81.5 Å². The highest BCUT2D eigenvalue weighted by Gasteiger charge is 2.39. The number of carbonyl (C=O) groups is 1. The van der Waals surface area contributed by atoms with Crippen LogP contribution >= 0.6 is 23.2 Å². The molecule has 0 bridgehead atoms. The van der Waals surface area contributed by atoms with Crippen LogP contribution in [0.4, 0.5) is 5.69 Å². The molecule has 1 aliphatic rings. The third kappa shape index (κ3) is 3.12. The number of benzene rings is 1. The fourth-order valence-electron chi connectivity index (χ4n) is 2.17. The van der Waals surface area contributed by atoms with E-state index in [9.17, 15) is 14.9 Å². The van der Waals surface area contributed by atoms with Gasteiger partial charge in [-0.15, -0.1) is 0 Å². The molecule has 1 aromatic rings. The van der Waals surface area contributed by atoms with Crippen LogP contribution in [0.1, 0.15) is 30.6 Å². The standard InChI is InChI=1S/C13H14Cl2N2O4/c1-7-13(2,3-4-21-7)16-12(18)9-5-8(17(19)20)6-10(14)11(9)15/h5-7H,3-4H2,1-2H3,(H,16,18). The summed E-state index contributed by atoms with van der Waals surface area (Å²) in [6.07, 6.45) is 0.495. The quantitative estimate of drug-likeness (QED) is 0.680. The molecule has 8 heteroatoms. The zero-order chi connectivity index (χ0) is 15.8. The smallest absolute Gasteiger partial charge is 0.271 e. The highest BCUT2D eigenvalue weighted by atomic mass is 35.5. The van der Waals surface area contributed by atoms with Gasteiger partial charge in [0.05, 0.1) is 32.2 Å². The van der Waals surface area contributed by atoms with Gasteiger partial charge in [-0.2, -0.15) is 0 Å². The summed E-state index contributed by atoms with van der Waals surface area (Å²) < 4.78 is 5.44. The summed E-state index contributed by atoms with van der Waals surface area (Å²) in [5.74, 6) is -0.509. The summed E-state index contributed by atoms with van der Waals surface area (Å²) in [7, 11) is 0. The van der Waals surface area contributed by atoms with Gasteiger partial charge in [0.15, 0.2) is 0 Å². The molecule has 1 fully saturated rings. The fraction of sp³-hybridized carbons (Fsp3) is 0.462. The first-order chi connectivity index (χ1) is 9.74.